The van der Waals surface area contributed by atoms with E-state index in [1.54, 1.807) is 14.2 Å². The van der Waals surface area contributed by atoms with E-state index in [4.69, 9.17) is 4.74 Å². The van der Waals surface area contributed by atoms with Crippen molar-refractivity contribution in [3.05, 3.63) is 35.4 Å². The number of aliphatic imine (C=N–C) groups is 1. The van der Waals surface area contributed by atoms with E-state index in [1.807, 2.05) is 18.2 Å². The molecular weight excluding hydrogens is 302 g/mol. The first-order valence-corrected chi connectivity index (χ1v) is 8.71. The highest BCUT2D eigenvalue weighted by atomic mass is 16.5. The van der Waals surface area contributed by atoms with Crippen LogP contribution in [-0.4, -0.2) is 43.9 Å². The molecular formula is C19H29N3O2. The Balaban J connectivity index is 1.60. The zero-order valence-corrected chi connectivity index (χ0v) is 15.1. The van der Waals surface area contributed by atoms with Crippen molar-refractivity contribution >= 4 is 5.96 Å². The summed E-state index contributed by atoms with van der Waals surface area (Å²) in [6.45, 7) is 4.87. The van der Waals surface area contributed by atoms with Crippen LogP contribution < -0.4 is 10.6 Å². The molecule has 3 rings (SSSR count). The number of fused-ring (bicyclic) bond motifs is 1. The van der Waals surface area contributed by atoms with Crippen LogP contribution in [0.25, 0.3) is 0 Å². The Kier molecular flexibility index (Phi) is 4.58. The maximum atomic E-state index is 11.0. The number of nitrogens with one attached hydrogen (secondary N) is 2. The van der Waals surface area contributed by atoms with Gasteiger partial charge in [0.05, 0.1) is 12.6 Å². The summed E-state index contributed by atoms with van der Waals surface area (Å²) in [5, 5.41) is 17.8. The lowest BCUT2D eigenvalue weighted by atomic mass is 9.64. The van der Waals surface area contributed by atoms with Crippen molar-refractivity contribution in [2.45, 2.75) is 50.9 Å². The average Bonchev–Trinajstić information content (AvgIpc) is 2.91. The summed E-state index contributed by atoms with van der Waals surface area (Å²) in [4.78, 5) is 4.32. The van der Waals surface area contributed by atoms with E-state index in [0.29, 0.717) is 12.6 Å². The predicted molar refractivity (Wildman–Crippen MR) is 96.1 cm³/mol. The first-order chi connectivity index (χ1) is 11.4. The molecule has 0 aliphatic heterocycles. The van der Waals surface area contributed by atoms with E-state index < -0.39 is 5.60 Å². The lowest BCUT2D eigenvalue weighted by Crippen LogP contribution is -2.63. The third-order valence-corrected chi connectivity index (χ3v) is 5.87. The molecule has 0 radical (unpaired) electrons. The molecule has 5 heteroatoms. The van der Waals surface area contributed by atoms with Gasteiger partial charge in [0, 0.05) is 25.6 Å². The van der Waals surface area contributed by atoms with Crippen LogP contribution in [0, 0.1) is 5.41 Å². The topological polar surface area (TPSA) is 65.9 Å². The monoisotopic (exact) mass is 331 g/mol. The Bertz CT molecular complexity index is 629. The van der Waals surface area contributed by atoms with Crippen molar-refractivity contribution < 1.29 is 9.84 Å². The highest BCUT2D eigenvalue weighted by Crippen LogP contribution is 2.42. The molecule has 0 bridgehead atoms. The van der Waals surface area contributed by atoms with Gasteiger partial charge in [0.15, 0.2) is 5.96 Å². The van der Waals surface area contributed by atoms with Crippen LogP contribution in [0.1, 0.15) is 37.8 Å². The van der Waals surface area contributed by atoms with Gasteiger partial charge < -0.3 is 20.5 Å². The number of aliphatic hydroxyl groups is 1. The maximum Gasteiger partial charge on any atom is 0.191 e. The SMILES string of the molecule is CN=C(NCC1(O)CCc2ccccc21)NC1CC(OC)C1(C)C. The number of rotatable bonds is 4. The van der Waals surface area contributed by atoms with Crippen molar-refractivity contribution in [2.24, 2.45) is 10.4 Å². The van der Waals surface area contributed by atoms with Crippen LogP contribution in [0.5, 0.6) is 0 Å². The molecule has 0 saturated heterocycles. The van der Waals surface area contributed by atoms with Gasteiger partial charge in [-0.1, -0.05) is 38.1 Å². The Morgan fingerprint density at radius 2 is 2.12 bits per heavy atom. The molecule has 5 nitrogen and oxygen atoms in total. The molecule has 0 aromatic heterocycles. The lowest BCUT2D eigenvalue weighted by Gasteiger charge is -2.51. The quantitative estimate of drug-likeness (QED) is 0.581. The molecule has 3 atom stereocenters. The molecule has 0 heterocycles. The summed E-state index contributed by atoms with van der Waals surface area (Å²) in [5.41, 5.74) is 1.53. The zero-order chi connectivity index (χ0) is 17.4. The first-order valence-electron chi connectivity index (χ1n) is 8.71. The smallest absolute Gasteiger partial charge is 0.191 e. The fraction of sp³-hybridized carbons (Fsp3) is 0.632. The standard InChI is InChI=1S/C19H29N3O2/c1-18(2)15(11-16(18)24-4)22-17(20-3)21-12-19(23)10-9-13-7-5-6-8-14(13)19/h5-8,15-16,23H,9-12H2,1-4H3,(H2,20,21,22). The van der Waals surface area contributed by atoms with Gasteiger partial charge in [0.1, 0.15) is 5.60 Å². The number of ether oxygens (including phenoxy) is 1. The fourth-order valence-electron chi connectivity index (χ4n) is 3.97. The molecule has 2 aliphatic rings. The molecule has 3 N–H and O–H groups in total. The van der Waals surface area contributed by atoms with Gasteiger partial charge in [-0.05, 0) is 30.4 Å². The molecule has 1 aromatic carbocycles. The molecule has 24 heavy (non-hydrogen) atoms. The minimum Gasteiger partial charge on any atom is -0.383 e. The molecule has 1 fully saturated rings. The number of hydrogen-bond acceptors (Lipinski definition) is 3. The first kappa shape index (κ1) is 17.2. The molecule has 132 valence electrons. The van der Waals surface area contributed by atoms with Crippen LogP contribution in [0.4, 0.5) is 0 Å². The van der Waals surface area contributed by atoms with E-state index in [1.165, 1.54) is 5.56 Å². The van der Waals surface area contributed by atoms with Crippen molar-refractivity contribution in [2.75, 3.05) is 20.7 Å². The highest BCUT2D eigenvalue weighted by Gasteiger charge is 2.49. The Hall–Kier alpha value is -1.59. The molecule has 0 spiro atoms. The molecule has 3 unspecified atom stereocenters. The Labute approximate surface area is 144 Å². The van der Waals surface area contributed by atoms with Gasteiger partial charge in [-0.15, -0.1) is 0 Å². The number of methoxy groups -OCH3 is 1. The van der Waals surface area contributed by atoms with E-state index in [0.717, 1.165) is 30.8 Å². The van der Waals surface area contributed by atoms with Crippen LogP contribution >= 0.6 is 0 Å². The van der Waals surface area contributed by atoms with Crippen LogP contribution in [0.15, 0.2) is 29.3 Å². The van der Waals surface area contributed by atoms with Gasteiger partial charge >= 0.3 is 0 Å². The van der Waals surface area contributed by atoms with Crippen LogP contribution in [-0.2, 0) is 16.8 Å². The summed E-state index contributed by atoms with van der Waals surface area (Å²) < 4.78 is 5.50. The van der Waals surface area contributed by atoms with Crippen molar-refractivity contribution in [1.82, 2.24) is 10.6 Å². The molecule has 2 aliphatic carbocycles. The number of guanidine groups is 1. The van der Waals surface area contributed by atoms with E-state index in [-0.39, 0.29) is 11.5 Å². The Morgan fingerprint density at radius 1 is 1.38 bits per heavy atom. The van der Waals surface area contributed by atoms with Crippen LogP contribution in [0.3, 0.4) is 0 Å². The predicted octanol–water partition coefficient (Wildman–Crippen LogP) is 1.80. The van der Waals surface area contributed by atoms with Crippen molar-refractivity contribution in [3.63, 3.8) is 0 Å². The van der Waals surface area contributed by atoms with E-state index in [2.05, 4.69) is 35.5 Å². The van der Waals surface area contributed by atoms with Crippen molar-refractivity contribution in [1.29, 1.82) is 0 Å². The largest absolute Gasteiger partial charge is 0.383 e. The summed E-state index contributed by atoms with van der Waals surface area (Å²) in [7, 11) is 3.53. The summed E-state index contributed by atoms with van der Waals surface area (Å²) in [5.74, 6) is 0.737. The summed E-state index contributed by atoms with van der Waals surface area (Å²) >= 11 is 0. The number of aryl methyl sites for hydroxylation is 1. The maximum absolute atomic E-state index is 11.0. The van der Waals surface area contributed by atoms with Gasteiger partial charge in [-0.2, -0.15) is 0 Å². The van der Waals surface area contributed by atoms with Gasteiger partial charge in [0.25, 0.3) is 0 Å². The summed E-state index contributed by atoms with van der Waals surface area (Å²) in [6, 6.07) is 8.47. The average molecular weight is 331 g/mol. The number of hydrogen-bond donors (Lipinski definition) is 3. The third-order valence-electron chi connectivity index (χ3n) is 5.87. The minimum atomic E-state index is -0.821. The fourth-order valence-corrected chi connectivity index (χ4v) is 3.97. The van der Waals surface area contributed by atoms with Crippen LogP contribution in [0.2, 0.25) is 0 Å². The molecule has 1 saturated carbocycles. The second-order valence-electron chi connectivity index (χ2n) is 7.59. The van der Waals surface area contributed by atoms with Gasteiger partial charge in [0.2, 0.25) is 0 Å². The zero-order valence-electron chi connectivity index (χ0n) is 15.1. The second-order valence-corrected chi connectivity index (χ2v) is 7.59. The highest BCUT2D eigenvalue weighted by molar-refractivity contribution is 5.80. The normalized spacial score (nSPS) is 31.3. The van der Waals surface area contributed by atoms with E-state index in [9.17, 15) is 5.11 Å². The minimum absolute atomic E-state index is 0.0726. The number of benzene rings is 1. The van der Waals surface area contributed by atoms with Gasteiger partial charge in [-0.25, -0.2) is 0 Å². The summed E-state index contributed by atoms with van der Waals surface area (Å²) in [6.07, 6.45) is 2.92. The van der Waals surface area contributed by atoms with Crippen molar-refractivity contribution in [3.8, 4) is 0 Å². The lowest BCUT2D eigenvalue weighted by molar-refractivity contribution is -0.0923. The molecule has 1 aromatic rings. The van der Waals surface area contributed by atoms with E-state index >= 15 is 0 Å². The number of nitrogens with zero attached hydrogens (tertiary/aromatic N) is 1. The van der Waals surface area contributed by atoms with Gasteiger partial charge in [-0.3, -0.25) is 4.99 Å². The third kappa shape index (κ3) is 2.91. The molecule has 0 amide bonds. The Morgan fingerprint density at radius 3 is 2.79 bits per heavy atom. The second kappa shape index (κ2) is 6.37.